The first-order valence-electron chi connectivity index (χ1n) is 6.76. The molecule has 2 N–H and O–H groups in total. The molecule has 0 saturated carbocycles. The lowest BCUT2D eigenvalue weighted by atomic mass is 9.88. The Hall–Kier alpha value is -0.580. The van der Waals surface area contributed by atoms with Gasteiger partial charge in [-0.15, -0.1) is 12.4 Å². The van der Waals surface area contributed by atoms with Crippen molar-refractivity contribution in [2.45, 2.75) is 32.7 Å². The van der Waals surface area contributed by atoms with Gasteiger partial charge in [-0.05, 0) is 50.9 Å². The standard InChI is InChI=1S/C15H21BrN2O.ClH/c1-11(9-12-3-5-13(16)6-4-12)18-14(19)15(2)7-8-17-10-15;/h3-6,11,17H,7-10H2,1-2H3,(H,18,19);1H. The summed E-state index contributed by atoms with van der Waals surface area (Å²) in [7, 11) is 0. The van der Waals surface area contributed by atoms with Crippen LogP contribution in [0.4, 0.5) is 0 Å². The molecule has 1 amide bonds. The average Bonchev–Trinajstić information content (AvgIpc) is 2.80. The molecule has 2 unspecified atom stereocenters. The predicted octanol–water partition coefficient (Wildman–Crippen LogP) is 2.92. The molecule has 0 aromatic heterocycles. The first kappa shape index (κ1) is 17.5. The number of hydrogen-bond acceptors (Lipinski definition) is 2. The van der Waals surface area contributed by atoms with Crippen molar-refractivity contribution in [2.75, 3.05) is 13.1 Å². The summed E-state index contributed by atoms with van der Waals surface area (Å²) in [6.07, 6.45) is 1.78. The van der Waals surface area contributed by atoms with Gasteiger partial charge in [0.05, 0.1) is 5.41 Å². The second-order valence-corrected chi connectivity index (χ2v) is 6.61. The lowest BCUT2D eigenvalue weighted by Crippen LogP contribution is -2.44. The molecule has 0 bridgehead atoms. The molecule has 1 heterocycles. The molecule has 1 aromatic rings. The van der Waals surface area contributed by atoms with Crippen molar-refractivity contribution in [3.63, 3.8) is 0 Å². The van der Waals surface area contributed by atoms with Crippen LogP contribution in [0.25, 0.3) is 0 Å². The van der Waals surface area contributed by atoms with Crippen LogP contribution in [-0.4, -0.2) is 25.0 Å². The zero-order chi connectivity index (χ0) is 13.9. The van der Waals surface area contributed by atoms with Crippen LogP contribution in [0.1, 0.15) is 25.8 Å². The SMILES string of the molecule is CC(Cc1ccc(Br)cc1)NC(=O)C1(C)CCNC1.Cl. The first-order chi connectivity index (χ1) is 8.99. The molecule has 112 valence electrons. The highest BCUT2D eigenvalue weighted by Gasteiger charge is 2.36. The van der Waals surface area contributed by atoms with Crippen LogP contribution < -0.4 is 10.6 Å². The third-order valence-corrected chi connectivity index (χ3v) is 4.28. The number of nitrogens with one attached hydrogen (secondary N) is 2. The second kappa shape index (κ2) is 7.43. The van der Waals surface area contributed by atoms with Crippen molar-refractivity contribution in [1.29, 1.82) is 0 Å². The van der Waals surface area contributed by atoms with Crippen molar-refractivity contribution in [3.05, 3.63) is 34.3 Å². The van der Waals surface area contributed by atoms with Crippen LogP contribution in [0.5, 0.6) is 0 Å². The van der Waals surface area contributed by atoms with Gasteiger partial charge < -0.3 is 10.6 Å². The summed E-state index contributed by atoms with van der Waals surface area (Å²) in [6.45, 7) is 5.81. The fraction of sp³-hybridized carbons (Fsp3) is 0.533. The molecule has 1 aliphatic rings. The Kier molecular flexibility index (Phi) is 6.49. The molecule has 5 heteroatoms. The van der Waals surface area contributed by atoms with Gasteiger partial charge in [-0.2, -0.15) is 0 Å². The number of rotatable bonds is 4. The predicted molar refractivity (Wildman–Crippen MR) is 88.3 cm³/mol. The molecule has 1 saturated heterocycles. The Balaban J connectivity index is 0.00000200. The maximum absolute atomic E-state index is 12.3. The monoisotopic (exact) mass is 360 g/mol. The average molecular weight is 362 g/mol. The van der Waals surface area contributed by atoms with E-state index in [1.165, 1.54) is 5.56 Å². The van der Waals surface area contributed by atoms with Crippen LogP contribution in [0.15, 0.2) is 28.7 Å². The molecular weight excluding hydrogens is 340 g/mol. The van der Waals surface area contributed by atoms with Crippen molar-refractivity contribution in [1.82, 2.24) is 10.6 Å². The van der Waals surface area contributed by atoms with Gasteiger partial charge in [0.15, 0.2) is 0 Å². The van der Waals surface area contributed by atoms with E-state index < -0.39 is 0 Å². The van der Waals surface area contributed by atoms with Crippen LogP contribution in [0, 0.1) is 5.41 Å². The van der Waals surface area contributed by atoms with E-state index in [1.807, 2.05) is 19.1 Å². The quantitative estimate of drug-likeness (QED) is 0.866. The van der Waals surface area contributed by atoms with Gasteiger partial charge in [0.25, 0.3) is 0 Å². The molecule has 2 rings (SSSR count). The van der Waals surface area contributed by atoms with Gasteiger partial charge in [-0.1, -0.05) is 28.1 Å². The van der Waals surface area contributed by atoms with Gasteiger partial charge in [-0.25, -0.2) is 0 Å². The largest absolute Gasteiger partial charge is 0.353 e. The molecular formula is C15H22BrClN2O. The first-order valence-corrected chi connectivity index (χ1v) is 7.55. The highest BCUT2D eigenvalue weighted by Crippen LogP contribution is 2.24. The number of hydrogen-bond donors (Lipinski definition) is 2. The summed E-state index contributed by atoms with van der Waals surface area (Å²) in [6, 6.07) is 8.40. The van der Waals surface area contributed by atoms with E-state index >= 15 is 0 Å². The third-order valence-electron chi connectivity index (χ3n) is 3.75. The molecule has 0 spiro atoms. The molecule has 0 aliphatic carbocycles. The smallest absolute Gasteiger partial charge is 0.227 e. The normalized spacial score (nSPS) is 22.9. The number of halogens is 2. The second-order valence-electron chi connectivity index (χ2n) is 5.69. The molecule has 1 aromatic carbocycles. The zero-order valence-electron chi connectivity index (χ0n) is 11.9. The Morgan fingerprint density at radius 3 is 2.65 bits per heavy atom. The van der Waals surface area contributed by atoms with Crippen LogP contribution >= 0.6 is 28.3 Å². The minimum Gasteiger partial charge on any atom is -0.353 e. The van der Waals surface area contributed by atoms with Gasteiger partial charge in [0.2, 0.25) is 5.91 Å². The maximum atomic E-state index is 12.3. The molecule has 1 fully saturated rings. The fourth-order valence-corrected chi connectivity index (χ4v) is 2.70. The van der Waals surface area contributed by atoms with E-state index in [9.17, 15) is 4.79 Å². The minimum atomic E-state index is -0.242. The Labute approximate surface area is 135 Å². The lowest BCUT2D eigenvalue weighted by molar-refractivity contribution is -0.129. The van der Waals surface area contributed by atoms with E-state index in [0.717, 1.165) is 30.4 Å². The third kappa shape index (κ3) is 4.47. The topological polar surface area (TPSA) is 41.1 Å². The highest BCUT2D eigenvalue weighted by atomic mass is 79.9. The van der Waals surface area contributed by atoms with E-state index in [4.69, 9.17) is 0 Å². The molecule has 1 aliphatic heterocycles. The Bertz CT molecular complexity index is 444. The molecule has 3 nitrogen and oxygen atoms in total. The van der Waals surface area contributed by atoms with Gasteiger partial charge in [-0.3, -0.25) is 4.79 Å². The number of carbonyl (C=O) groups is 1. The molecule has 20 heavy (non-hydrogen) atoms. The van der Waals surface area contributed by atoms with Crippen molar-refractivity contribution < 1.29 is 4.79 Å². The van der Waals surface area contributed by atoms with Crippen LogP contribution in [0.3, 0.4) is 0 Å². The maximum Gasteiger partial charge on any atom is 0.227 e. The summed E-state index contributed by atoms with van der Waals surface area (Å²) in [5, 5.41) is 6.39. The summed E-state index contributed by atoms with van der Waals surface area (Å²) >= 11 is 3.43. The summed E-state index contributed by atoms with van der Waals surface area (Å²) in [5.74, 6) is 0.169. The van der Waals surface area contributed by atoms with Gasteiger partial charge in [0.1, 0.15) is 0 Å². The van der Waals surface area contributed by atoms with Crippen LogP contribution in [-0.2, 0) is 11.2 Å². The van der Waals surface area contributed by atoms with E-state index in [2.05, 4.69) is 45.6 Å². The zero-order valence-corrected chi connectivity index (χ0v) is 14.3. The van der Waals surface area contributed by atoms with Crippen molar-refractivity contribution in [3.8, 4) is 0 Å². The van der Waals surface area contributed by atoms with Crippen molar-refractivity contribution >= 4 is 34.2 Å². The number of benzene rings is 1. The number of carbonyl (C=O) groups excluding carboxylic acids is 1. The summed E-state index contributed by atoms with van der Waals surface area (Å²) < 4.78 is 1.08. The van der Waals surface area contributed by atoms with E-state index in [1.54, 1.807) is 0 Å². The molecule has 0 radical (unpaired) electrons. The van der Waals surface area contributed by atoms with Crippen LogP contribution in [0.2, 0.25) is 0 Å². The van der Waals surface area contributed by atoms with Crippen molar-refractivity contribution in [2.24, 2.45) is 5.41 Å². The Morgan fingerprint density at radius 2 is 2.10 bits per heavy atom. The summed E-state index contributed by atoms with van der Waals surface area (Å²) in [4.78, 5) is 12.3. The summed E-state index contributed by atoms with van der Waals surface area (Å²) in [5.41, 5.74) is 0.999. The Morgan fingerprint density at radius 1 is 1.45 bits per heavy atom. The minimum absolute atomic E-state index is 0. The number of amides is 1. The highest BCUT2D eigenvalue weighted by molar-refractivity contribution is 9.10. The van der Waals surface area contributed by atoms with E-state index in [-0.39, 0.29) is 29.8 Å². The molecule has 2 atom stereocenters. The van der Waals surface area contributed by atoms with E-state index in [0.29, 0.717) is 0 Å². The lowest BCUT2D eigenvalue weighted by Gasteiger charge is -2.24. The van der Waals surface area contributed by atoms with Gasteiger partial charge in [0, 0.05) is 17.1 Å². The fourth-order valence-electron chi connectivity index (χ4n) is 2.43. The van der Waals surface area contributed by atoms with Gasteiger partial charge >= 0.3 is 0 Å².